The second-order valence-corrected chi connectivity index (χ2v) is 6.20. The Morgan fingerprint density at radius 3 is 3.04 bits per heavy atom. The van der Waals surface area contributed by atoms with Gasteiger partial charge in [-0.05, 0) is 25.0 Å². The van der Waals surface area contributed by atoms with Crippen LogP contribution >= 0.6 is 0 Å². The quantitative estimate of drug-likeness (QED) is 0.785. The Kier molecular flexibility index (Phi) is 3.37. The summed E-state index contributed by atoms with van der Waals surface area (Å²) >= 11 is 0. The molecule has 1 amide bonds. The zero-order valence-electron chi connectivity index (χ0n) is 12.9. The molecule has 7 heteroatoms. The lowest BCUT2D eigenvalue weighted by Gasteiger charge is -2.28. The molecule has 0 aromatic carbocycles. The van der Waals surface area contributed by atoms with Crippen LogP contribution in [0, 0.1) is 17.2 Å². The van der Waals surface area contributed by atoms with Gasteiger partial charge in [0.1, 0.15) is 6.07 Å². The molecule has 23 heavy (non-hydrogen) atoms. The zero-order chi connectivity index (χ0) is 15.8. The van der Waals surface area contributed by atoms with E-state index in [0.717, 1.165) is 50.3 Å². The Morgan fingerprint density at radius 1 is 1.26 bits per heavy atom. The molecule has 7 nitrogen and oxygen atoms in total. The summed E-state index contributed by atoms with van der Waals surface area (Å²) in [7, 11) is 0. The van der Waals surface area contributed by atoms with E-state index in [2.05, 4.69) is 16.3 Å². The SMILES string of the molecule is N#Cc1cc2n(n1)CCCN(C(=O)C1CCn3nccc3C1)C2. The summed E-state index contributed by atoms with van der Waals surface area (Å²) in [6.07, 6.45) is 4.27. The number of fused-ring (bicyclic) bond motifs is 2. The highest BCUT2D eigenvalue weighted by atomic mass is 16.2. The third-order valence-electron chi connectivity index (χ3n) is 4.74. The van der Waals surface area contributed by atoms with E-state index in [0.29, 0.717) is 12.2 Å². The molecule has 2 aromatic heterocycles. The van der Waals surface area contributed by atoms with Crippen LogP contribution in [0.4, 0.5) is 0 Å². The Morgan fingerprint density at radius 2 is 2.17 bits per heavy atom. The predicted octanol–water partition coefficient (Wildman–Crippen LogP) is 0.946. The van der Waals surface area contributed by atoms with Gasteiger partial charge < -0.3 is 4.90 Å². The van der Waals surface area contributed by atoms with Crippen molar-refractivity contribution in [2.75, 3.05) is 6.54 Å². The molecule has 0 spiro atoms. The highest BCUT2D eigenvalue weighted by Gasteiger charge is 2.30. The van der Waals surface area contributed by atoms with Crippen LogP contribution in [0.1, 0.15) is 29.9 Å². The molecule has 0 N–H and O–H groups in total. The number of aromatic nitrogens is 4. The number of hydrogen-bond donors (Lipinski definition) is 0. The van der Waals surface area contributed by atoms with Gasteiger partial charge >= 0.3 is 0 Å². The van der Waals surface area contributed by atoms with Gasteiger partial charge in [0.05, 0.1) is 12.2 Å². The number of carbonyl (C=O) groups is 1. The number of amides is 1. The summed E-state index contributed by atoms with van der Waals surface area (Å²) in [4.78, 5) is 14.9. The molecule has 4 rings (SSSR count). The van der Waals surface area contributed by atoms with E-state index in [1.807, 2.05) is 20.3 Å². The fourth-order valence-electron chi connectivity index (χ4n) is 3.54. The molecule has 0 saturated heterocycles. The van der Waals surface area contributed by atoms with Crippen LogP contribution in [0.2, 0.25) is 0 Å². The third kappa shape index (κ3) is 2.50. The average Bonchev–Trinajstić information content (AvgIpc) is 3.15. The number of nitriles is 1. The lowest BCUT2D eigenvalue weighted by atomic mass is 9.94. The highest BCUT2D eigenvalue weighted by Crippen LogP contribution is 2.23. The lowest BCUT2D eigenvalue weighted by molar-refractivity contribution is -0.136. The first-order chi connectivity index (χ1) is 11.2. The number of rotatable bonds is 1. The summed E-state index contributed by atoms with van der Waals surface area (Å²) < 4.78 is 3.85. The monoisotopic (exact) mass is 310 g/mol. The maximum absolute atomic E-state index is 12.9. The number of hydrogen-bond acceptors (Lipinski definition) is 4. The van der Waals surface area contributed by atoms with E-state index in [9.17, 15) is 4.79 Å². The van der Waals surface area contributed by atoms with Crippen LogP contribution in [0.3, 0.4) is 0 Å². The van der Waals surface area contributed by atoms with Crippen molar-refractivity contribution < 1.29 is 4.79 Å². The van der Waals surface area contributed by atoms with Gasteiger partial charge in [-0.25, -0.2) is 0 Å². The van der Waals surface area contributed by atoms with Crippen LogP contribution in [0.15, 0.2) is 18.3 Å². The maximum Gasteiger partial charge on any atom is 0.226 e. The van der Waals surface area contributed by atoms with Gasteiger partial charge in [0.25, 0.3) is 0 Å². The Balaban J connectivity index is 1.51. The van der Waals surface area contributed by atoms with E-state index in [-0.39, 0.29) is 11.8 Å². The van der Waals surface area contributed by atoms with Crippen molar-refractivity contribution in [2.24, 2.45) is 5.92 Å². The van der Waals surface area contributed by atoms with Gasteiger partial charge in [0, 0.05) is 43.9 Å². The lowest BCUT2D eigenvalue weighted by Crippen LogP contribution is -2.39. The molecule has 2 aromatic rings. The molecular formula is C16H18N6O. The summed E-state index contributed by atoms with van der Waals surface area (Å²) in [5.41, 5.74) is 2.52. The normalized spacial score (nSPS) is 20.3. The first-order valence-corrected chi connectivity index (χ1v) is 8.01. The molecule has 2 aliphatic heterocycles. The third-order valence-corrected chi connectivity index (χ3v) is 4.74. The minimum atomic E-state index is 0.0316. The molecular weight excluding hydrogens is 292 g/mol. The minimum absolute atomic E-state index is 0.0316. The van der Waals surface area contributed by atoms with Crippen molar-refractivity contribution in [3.05, 3.63) is 35.4 Å². The summed E-state index contributed by atoms with van der Waals surface area (Å²) in [6, 6.07) is 5.86. The Labute approximate surface area is 134 Å². The van der Waals surface area contributed by atoms with Crippen molar-refractivity contribution in [1.29, 1.82) is 5.26 Å². The van der Waals surface area contributed by atoms with E-state index >= 15 is 0 Å². The number of nitrogens with zero attached hydrogens (tertiary/aromatic N) is 6. The predicted molar refractivity (Wildman–Crippen MR) is 81.0 cm³/mol. The van der Waals surface area contributed by atoms with Crippen molar-refractivity contribution in [2.45, 2.75) is 38.9 Å². The Hall–Kier alpha value is -2.62. The van der Waals surface area contributed by atoms with Gasteiger partial charge in [-0.15, -0.1) is 0 Å². The molecule has 2 aliphatic rings. The average molecular weight is 310 g/mol. The van der Waals surface area contributed by atoms with Crippen LogP contribution in [0.25, 0.3) is 0 Å². The standard InChI is InChI=1S/C16H18N6O/c17-10-13-9-15-11-20(5-1-6-22(15)19-13)16(23)12-3-7-21-14(8-12)2-4-18-21/h2,4,9,12H,1,3,5-8,11H2. The summed E-state index contributed by atoms with van der Waals surface area (Å²) in [6.45, 7) is 2.87. The summed E-state index contributed by atoms with van der Waals surface area (Å²) in [5.74, 6) is 0.245. The van der Waals surface area contributed by atoms with Crippen molar-refractivity contribution in [3.8, 4) is 6.07 Å². The van der Waals surface area contributed by atoms with Gasteiger partial charge in [-0.1, -0.05) is 0 Å². The molecule has 4 heterocycles. The van der Waals surface area contributed by atoms with Crippen molar-refractivity contribution in [3.63, 3.8) is 0 Å². The van der Waals surface area contributed by atoms with Gasteiger partial charge in [-0.3, -0.25) is 14.2 Å². The second kappa shape index (κ2) is 5.54. The van der Waals surface area contributed by atoms with Crippen LogP contribution < -0.4 is 0 Å². The molecule has 0 saturated carbocycles. The van der Waals surface area contributed by atoms with Crippen molar-refractivity contribution >= 4 is 5.91 Å². The first-order valence-electron chi connectivity index (χ1n) is 8.01. The van der Waals surface area contributed by atoms with E-state index < -0.39 is 0 Å². The summed E-state index contributed by atoms with van der Waals surface area (Å²) in [5, 5.41) is 17.5. The van der Waals surface area contributed by atoms with Crippen LogP contribution in [-0.2, 0) is 30.8 Å². The molecule has 0 bridgehead atoms. The minimum Gasteiger partial charge on any atom is -0.336 e. The van der Waals surface area contributed by atoms with Crippen LogP contribution in [0.5, 0.6) is 0 Å². The smallest absolute Gasteiger partial charge is 0.226 e. The number of carbonyl (C=O) groups excluding carboxylic acids is 1. The first kappa shape index (κ1) is 14.0. The molecule has 1 unspecified atom stereocenters. The maximum atomic E-state index is 12.9. The van der Waals surface area contributed by atoms with Gasteiger partial charge in [-0.2, -0.15) is 15.5 Å². The largest absolute Gasteiger partial charge is 0.336 e. The highest BCUT2D eigenvalue weighted by molar-refractivity contribution is 5.79. The molecule has 118 valence electrons. The fourth-order valence-corrected chi connectivity index (χ4v) is 3.54. The van der Waals surface area contributed by atoms with E-state index in [4.69, 9.17) is 5.26 Å². The van der Waals surface area contributed by atoms with Gasteiger partial charge in [0.15, 0.2) is 5.69 Å². The fraction of sp³-hybridized carbons (Fsp3) is 0.500. The topological polar surface area (TPSA) is 79.7 Å². The Bertz CT molecular complexity index is 783. The second-order valence-electron chi connectivity index (χ2n) is 6.20. The van der Waals surface area contributed by atoms with Crippen LogP contribution in [-0.4, -0.2) is 36.9 Å². The van der Waals surface area contributed by atoms with E-state index in [1.54, 1.807) is 12.3 Å². The zero-order valence-corrected chi connectivity index (χ0v) is 12.9. The molecule has 1 atom stereocenters. The van der Waals surface area contributed by atoms with Gasteiger partial charge in [0.2, 0.25) is 5.91 Å². The number of aryl methyl sites for hydroxylation is 2. The van der Waals surface area contributed by atoms with E-state index in [1.165, 1.54) is 0 Å². The van der Waals surface area contributed by atoms with Crippen molar-refractivity contribution in [1.82, 2.24) is 24.5 Å². The molecule has 0 aliphatic carbocycles. The molecule has 0 radical (unpaired) electrons. The molecule has 0 fully saturated rings.